The van der Waals surface area contributed by atoms with E-state index >= 15 is 0 Å². The van der Waals surface area contributed by atoms with Crippen molar-refractivity contribution < 1.29 is 14.0 Å². The minimum absolute atomic E-state index is 0.0779. The Morgan fingerprint density at radius 3 is 2.31 bits per heavy atom. The first-order valence-corrected chi connectivity index (χ1v) is 12.7. The molecule has 0 spiro atoms. The van der Waals surface area contributed by atoms with Crippen molar-refractivity contribution in [2.24, 2.45) is 0 Å². The van der Waals surface area contributed by atoms with Gasteiger partial charge >= 0.3 is 0 Å². The van der Waals surface area contributed by atoms with Gasteiger partial charge in [0.15, 0.2) is 10.9 Å². The maximum Gasteiger partial charge on any atom is 0.289 e. The summed E-state index contributed by atoms with van der Waals surface area (Å²) < 4.78 is 6.16. The zero-order valence-electron chi connectivity index (χ0n) is 19.2. The summed E-state index contributed by atoms with van der Waals surface area (Å²) in [6.45, 7) is 2.71. The Hall–Kier alpha value is -3.69. The van der Waals surface area contributed by atoms with Gasteiger partial charge in [-0.3, -0.25) is 14.9 Å². The molecule has 0 radical (unpaired) electrons. The van der Waals surface area contributed by atoms with Gasteiger partial charge in [-0.05, 0) is 71.5 Å². The number of thiocarbonyl (C=S) groups is 1. The molecule has 0 unspecified atom stereocenters. The number of piperazine rings is 1. The van der Waals surface area contributed by atoms with Crippen LogP contribution in [0.25, 0.3) is 10.8 Å². The van der Waals surface area contributed by atoms with E-state index in [9.17, 15) is 9.59 Å². The van der Waals surface area contributed by atoms with E-state index in [0.29, 0.717) is 24.4 Å². The second kappa shape index (κ2) is 10.5. The van der Waals surface area contributed by atoms with Crippen molar-refractivity contribution in [1.29, 1.82) is 0 Å². The van der Waals surface area contributed by atoms with Crippen LogP contribution in [0.1, 0.15) is 20.9 Å². The Morgan fingerprint density at radius 1 is 0.861 bits per heavy atom. The number of nitrogens with zero attached hydrogens (tertiary/aromatic N) is 2. The lowest BCUT2D eigenvalue weighted by molar-refractivity contribution is 0.0714. The SMILES string of the molecule is O=C(NC(=S)Nc1ccc(N2CCN(C(=O)c3ccco3)CC2)cc1)c1cccc2c(Br)cccc12. The summed E-state index contributed by atoms with van der Waals surface area (Å²) in [7, 11) is 0. The van der Waals surface area contributed by atoms with E-state index in [1.54, 1.807) is 23.1 Å². The second-order valence-electron chi connectivity index (χ2n) is 8.35. The molecule has 1 aliphatic heterocycles. The van der Waals surface area contributed by atoms with Gasteiger partial charge in [-0.15, -0.1) is 0 Å². The fourth-order valence-corrected chi connectivity index (χ4v) is 4.99. The van der Waals surface area contributed by atoms with Gasteiger partial charge in [0.1, 0.15) is 0 Å². The summed E-state index contributed by atoms with van der Waals surface area (Å²) in [5.74, 6) is 0.0240. The largest absolute Gasteiger partial charge is 0.459 e. The van der Waals surface area contributed by atoms with Gasteiger partial charge in [-0.2, -0.15) is 0 Å². The van der Waals surface area contributed by atoms with E-state index in [0.717, 1.165) is 39.7 Å². The van der Waals surface area contributed by atoms with Crippen molar-refractivity contribution in [2.45, 2.75) is 0 Å². The highest BCUT2D eigenvalue weighted by Crippen LogP contribution is 2.26. The third-order valence-corrected chi connectivity index (χ3v) is 7.03. The Kier molecular flexibility index (Phi) is 7.02. The van der Waals surface area contributed by atoms with Gasteiger partial charge in [-0.25, -0.2) is 0 Å². The standard InChI is InChI=1S/C27H23BrN4O3S/c28-23-7-2-4-20-21(23)5-1-6-22(20)25(33)30-27(36)29-18-9-11-19(12-10-18)31-13-15-32(16-14-31)26(34)24-8-3-17-35-24/h1-12,17H,13-16H2,(H2,29,30,33,36). The number of rotatable bonds is 4. The molecule has 3 aromatic carbocycles. The molecular formula is C27H23BrN4O3S. The van der Waals surface area contributed by atoms with E-state index in [4.69, 9.17) is 16.6 Å². The lowest BCUT2D eigenvalue weighted by Gasteiger charge is -2.35. The number of furan rings is 1. The fourth-order valence-electron chi connectivity index (χ4n) is 4.28. The summed E-state index contributed by atoms with van der Waals surface area (Å²) in [5, 5.41) is 7.89. The molecule has 1 aromatic heterocycles. The highest BCUT2D eigenvalue weighted by Gasteiger charge is 2.23. The average molecular weight is 563 g/mol. The normalized spacial score (nSPS) is 13.5. The molecule has 2 heterocycles. The van der Waals surface area contributed by atoms with E-state index in [2.05, 4.69) is 31.5 Å². The molecule has 1 fully saturated rings. The third kappa shape index (κ3) is 5.12. The monoisotopic (exact) mass is 562 g/mol. The van der Waals surface area contributed by atoms with Crippen molar-refractivity contribution in [3.05, 3.63) is 94.9 Å². The lowest BCUT2D eigenvalue weighted by atomic mass is 10.0. The van der Waals surface area contributed by atoms with Crippen molar-refractivity contribution in [1.82, 2.24) is 10.2 Å². The van der Waals surface area contributed by atoms with Gasteiger partial charge in [0.05, 0.1) is 6.26 Å². The van der Waals surface area contributed by atoms with Crippen LogP contribution in [0.2, 0.25) is 0 Å². The zero-order chi connectivity index (χ0) is 25.1. The first-order valence-electron chi connectivity index (χ1n) is 11.5. The molecule has 2 amide bonds. The van der Waals surface area contributed by atoms with E-state index in [1.165, 1.54) is 6.26 Å². The van der Waals surface area contributed by atoms with Crippen LogP contribution < -0.4 is 15.5 Å². The van der Waals surface area contributed by atoms with Gasteiger partial charge < -0.3 is 19.5 Å². The van der Waals surface area contributed by atoms with Crippen LogP contribution in [-0.4, -0.2) is 48.0 Å². The van der Waals surface area contributed by atoms with Crippen molar-refractivity contribution in [2.75, 3.05) is 36.4 Å². The van der Waals surface area contributed by atoms with Crippen LogP contribution in [0, 0.1) is 0 Å². The van der Waals surface area contributed by atoms with Crippen LogP contribution in [0.15, 0.2) is 87.9 Å². The first kappa shape index (κ1) is 24.0. The highest BCUT2D eigenvalue weighted by atomic mass is 79.9. The molecule has 0 atom stereocenters. The number of nitrogens with one attached hydrogen (secondary N) is 2. The Morgan fingerprint density at radius 2 is 1.58 bits per heavy atom. The van der Waals surface area contributed by atoms with Gasteiger partial charge in [-0.1, -0.05) is 40.2 Å². The second-order valence-corrected chi connectivity index (χ2v) is 9.61. The minimum atomic E-state index is -0.269. The molecule has 182 valence electrons. The van der Waals surface area contributed by atoms with Crippen LogP contribution in [0.5, 0.6) is 0 Å². The predicted octanol–water partition coefficient (Wildman–Crippen LogP) is 5.28. The maximum atomic E-state index is 12.9. The van der Waals surface area contributed by atoms with Gasteiger partial charge in [0.25, 0.3) is 11.8 Å². The molecule has 2 N–H and O–H groups in total. The molecule has 1 aliphatic rings. The minimum Gasteiger partial charge on any atom is -0.459 e. The summed E-state index contributed by atoms with van der Waals surface area (Å²) in [4.78, 5) is 29.4. The summed E-state index contributed by atoms with van der Waals surface area (Å²) in [5.41, 5.74) is 2.39. The molecule has 7 nitrogen and oxygen atoms in total. The van der Waals surface area contributed by atoms with Gasteiger partial charge in [0, 0.05) is 47.6 Å². The van der Waals surface area contributed by atoms with Crippen LogP contribution in [-0.2, 0) is 0 Å². The molecule has 0 saturated carbocycles. The molecular weight excluding hydrogens is 540 g/mol. The van der Waals surface area contributed by atoms with E-state index < -0.39 is 0 Å². The van der Waals surface area contributed by atoms with Crippen LogP contribution >= 0.6 is 28.1 Å². The Balaban J connectivity index is 1.16. The smallest absolute Gasteiger partial charge is 0.289 e. The molecule has 4 aromatic rings. The highest BCUT2D eigenvalue weighted by molar-refractivity contribution is 9.10. The molecule has 0 bridgehead atoms. The Labute approximate surface area is 222 Å². The summed E-state index contributed by atoms with van der Waals surface area (Å²) in [6, 6.07) is 22.6. The number of hydrogen-bond donors (Lipinski definition) is 2. The number of halogens is 1. The zero-order valence-corrected chi connectivity index (χ0v) is 21.6. The van der Waals surface area contributed by atoms with Gasteiger partial charge in [0.2, 0.25) is 0 Å². The number of anilines is 2. The van der Waals surface area contributed by atoms with Crippen LogP contribution in [0.4, 0.5) is 11.4 Å². The number of amides is 2. The third-order valence-electron chi connectivity index (χ3n) is 6.13. The molecule has 0 aliphatic carbocycles. The lowest BCUT2D eigenvalue weighted by Crippen LogP contribution is -2.48. The molecule has 36 heavy (non-hydrogen) atoms. The maximum absolute atomic E-state index is 12.9. The average Bonchev–Trinajstić information content (AvgIpc) is 3.44. The molecule has 9 heteroatoms. The number of fused-ring (bicyclic) bond motifs is 1. The van der Waals surface area contributed by atoms with Crippen molar-refractivity contribution in [3.63, 3.8) is 0 Å². The number of hydrogen-bond acceptors (Lipinski definition) is 5. The van der Waals surface area contributed by atoms with Crippen molar-refractivity contribution in [3.8, 4) is 0 Å². The van der Waals surface area contributed by atoms with Crippen molar-refractivity contribution >= 4 is 67.2 Å². The summed E-state index contributed by atoms with van der Waals surface area (Å²) in [6.07, 6.45) is 1.51. The number of benzene rings is 3. The number of carbonyl (C=O) groups is 2. The topological polar surface area (TPSA) is 77.8 Å². The molecule has 1 saturated heterocycles. The quantitative estimate of drug-likeness (QED) is 0.329. The van der Waals surface area contributed by atoms with E-state index in [-0.39, 0.29) is 16.9 Å². The fraction of sp³-hybridized carbons (Fsp3) is 0.148. The number of carbonyl (C=O) groups excluding carboxylic acids is 2. The Bertz CT molecular complexity index is 1420. The summed E-state index contributed by atoms with van der Waals surface area (Å²) >= 11 is 8.91. The van der Waals surface area contributed by atoms with Crippen LogP contribution in [0.3, 0.4) is 0 Å². The van der Waals surface area contributed by atoms with E-state index in [1.807, 2.05) is 54.6 Å². The predicted molar refractivity (Wildman–Crippen MR) is 149 cm³/mol. The first-order chi connectivity index (χ1) is 17.5. The molecule has 5 rings (SSSR count).